The molecule has 26 heavy (non-hydrogen) atoms. The Labute approximate surface area is 154 Å². The maximum atomic E-state index is 10.0. The van der Waals surface area contributed by atoms with E-state index in [1.54, 1.807) is 0 Å². The molecule has 1 aromatic heterocycles. The smallest absolute Gasteiger partial charge is 0.190 e. The first-order valence-corrected chi connectivity index (χ1v) is 9.27. The Morgan fingerprint density at radius 3 is 2.58 bits per heavy atom. The average Bonchev–Trinajstić information content (AvgIpc) is 3.20. The highest BCUT2D eigenvalue weighted by Gasteiger charge is 2.26. The number of rotatable bonds is 2. The zero-order valence-electron chi connectivity index (χ0n) is 15.6. The lowest BCUT2D eigenvalue weighted by molar-refractivity contribution is 0.178. The van der Waals surface area contributed by atoms with E-state index >= 15 is 0 Å². The molecule has 2 atom stereocenters. The fourth-order valence-corrected chi connectivity index (χ4v) is 4.26. The van der Waals surface area contributed by atoms with Gasteiger partial charge < -0.3 is 9.67 Å². The van der Waals surface area contributed by atoms with Crippen LogP contribution in [0.5, 0.6) is 0 Å². The van der Waals surface area contributed by atoms with E-state index in [0.717, 1.165) is 30.2 Å². The number of aliphatic hydroxyl groups is 1. The predicted octanol–water partition coefficient (Wildman–Crippen LogP) is 5.87. The van der Waals surface area contributed by atoms with Gasteiger partial charge in [0, 0.05) is 23.3 Å². The molecule has 3 aromatic rings. The van der Waals surface area contributed by atoms with Crippen molar-refractivity contribution in [1.82, 2.24) is 4.57 Å². The second-order valence-electron chi connectivity index (χ2n) is 7.59. The van der Waals surface area contributed by atoms with E-state index in [1.165, 1.54) is 27.8 Å². The van der Waals surface area contributed by atoms with E-state index < -0.39 is 0 Å². The van der Waals surface area contributed by atoms with Crippen molar-refractivity contribution in [3.8, 4) is 11.1 Å². The molecule has 1 aliphatic rings. The molecule has 1 aliphatic carbocycles. The molecule has 0 amide bonds. The standard InChI is InChI=1S/C23H24N2O/c1-14-6-5-7-19(16(14)3)21-13-25(17-8-9-18(26)11-17)23-10-15(2)22(24-4)12-20(21)23/h5-7,10,12-13,17-18,26H,8-9,11H2,1-3H3. The van der Waals surface area contributed by atoms with E-state index in [2.05, 4.69) is 53.7 Å². The van der Waals surface area contributed by atoms with Gasteiger partial charge in [-0.1, -0.05) is 18.2 Å². The molecule has 0 spiro atoms. The minimum absolute atomic E-state index is 0.204. The molecule has 1 saturated carbocycles. The third-order valence-corrected chi connectivity index (χ3v) is 5.94. The second-order valence-corrected chi connectivity index (χ2v) is 7.59. The zero-order chi connectivity index (χ0) is 18.4. The summed E-state index contributed by atoms with van der Waals surface area (Å²) in [4.78, 5) is 3.71. The quantitative estimate of drug-likeness (QED) is 0.579. The van der Waals surface area contributed by atoms with Crippen molar-refractivity contribution in [3.05, 3.63) is 64.6 Å². The molecular weight excluding hydrogens is 320 g/mol. The van der Waals surface area contributed by atoms with Gasteiger partial charge in [0.2, 0.25) is 0 Å². The lowest BCUT2D eigenvalue weighted by Gasteiger charge is -2.14. The third kappa shape index (κ3) is 2.62. The Balaban J connectivity index is 2.01. The van der Waals surface area contributed by atoms with Crippen molar-refractivity contribution < 1.29 is 5.11 Å². The van der Waals surface area contributed by atoms with Gasteiger partial charge in [-0.05, 0) is 79.8 Å². The SMILES string of the molecule is [C-]#[N+]c1cc2c(-c3cccc(C)c3C)cn(C3CCC(O)C3)c2cc1C. The summed E-state index contributed by atoms with van der Waals surface area (Å²) in [5.74, 6) is 0. The van der Waals surface area contributed by atoms with E-state index in [0.29, 0.717) is 11.7 Å². The maximum Gasteiger partial charge on any atom is 0.190 e. The number of aryl methyl sites for hydroxylation is 2. The molecule has 2 unspecified atom stereocenters. The van der Waals surface area contributed by atoms with Gasteiger partial charge in [0.1, 0.15) is 0 Å². The number of nitrogens with zero attached hydrogens (tertiary/aromatic N) is 2. The monoisotopic (exact) mass is 344 g/mol. The number of aromatic nitrogens is 1. The summed E-state index contributed by atoms with van der Waals surface area (Å²) in [6, 6.07) is 10.9. The van der Waals surface area contributed by atoms with Gasteiger partial charge in [0.05, 0.1) is 12.7 Å². The van der Waals surface area contributed by atoms with Gasteiger partial charge in [-0.3, -0.25) is 0 Å². The first-order chi connectivity index (χ1) is 12.5. The van der Waals surface area contributed by atoms with Crippen LogP contribution in [0.4, 0.5) is 5.69 Å². The van der Waals surface area contributed by atoms with Crippen molar-refractivity contribution in [2.45, 2.75) is 52.2 Å². The molecule has 0 saturated heterocycles. The number of aliphatic hydroxyl groups excluding tert-OH is 1. The predicted molar refractivity (Wildman–Crippen MR) is 107 cm³/mol. The fraction of sp³-hybridized carbons (Fsp3) is 0.348. The molecule has 2 aromatic carbocycles. The summed E-state index contributed by atoms with van der Waals surface area (Å²) in [5, 5.41) is 11.2. The van der Waals surface area contributed by atoms with Crippen molar-refractivity contribution in [2.75, 3.05) is 0 Å². The molecule has 132 valence electrons. The molecule has 3 nitrogen and oxygen atoms in total. The normalized spacial score (nSPS) is 19.8. The number of benzene rings is 2. The van der Waals surface area contributed by atoms with Gasteiger partial charge in [-0.25, -0.2) is 4.85 Å². The molecule has 0 aliphatic heterocycles. The summed E-state index contributed by atoms with van der Waals surface area (Å²) in [6.07, 6.45) is 4.70. The van der Waals surface area contributed by atoms with Crippen molar-refractivity contribution >= 4 is 16.6 Å². The molecular formula is C23H24N2O. The first kappa shape index (κ1) is 16.9. The topological polar surface area (TPSA) is 29.5 Å². The summed E-state index contributed by atoms with van der Waals surface area (Å²) < 4.78 is 2.34. The number of fused-ring (bicyclic) bond motifs is 1. The summed E-state index contributed by atoms with van der Waals surface area (Å²) in [6.45, 7) is 13.8. The van der Waals surface area contributed by atoms with Crippen LogP contribution in [-0.2, 0) is 0 Å². The van der Waals surface area contributed by atoms with Crippen LogP contribution >= 0.6 is 0 Å². The highest BCUT2D eigenvalue weighted by molar-refractivity contribution is 5.99. The number of hydrogen-bond acceptors (Lipinski definition) is 1. The van der Waals surface area contributed by atoms with Crippen molar-refractivity contribution in [3.63, 3.8) is 0 Å². The largest absolute Gasteiger partial charge is 0.393 e. The molecule has 4 rings (SSSR count). The molecule has 1 heterocycles. The van der Waals surface area contributed by atoms with Crippen LogP contribution < -0.4 is 0 Å². The minimum Gasteiger partial charge on any atom is -0.393 e. The van der Waals surface area contributed by atoms with E-state index in [4.69, 9.17) is 6.57 Å². The Hall–Kier alpha value is -2.57. The van der Waals surface area contributed by atoms with Gasteiger partial charge in [0.25, 0.3) is 0 Å². The molecule has 0 bridgehead atoms. The molecule has 1 fully saturated rings. The van der Waals surface area contributed by atoms with E-state index in [1.807, 2.05) is 13.0 Å². The zero-order valence-corrected chi connectivity index (χ0v) is 15.6. The van der Waals surface area contributed by atoms with Gasteiger partial charge in [-0.15, -0.1) is 0 Å². The second kappa shape index (κ2) is 6.30. The number of hydrogen-bond donors (Lipinski definition) is 1. The van der Waals surface area contributed by atoms with Crippen molar-refractivity contribution in [2.24, 2.45) is 0 Å². The third-order valence-electron chi connectivity index (χ3n) is 5.94. The van der Waals surface area contributed by atoms with Gasteiger partial charge >= 0.3 is 0 Å². The Bertz CT molecular complexity index is 1040. The van der Waals surface area contributed by atoms with E-state index in [-0.39, 0.29) is 6.10 Å². The molecule has 3 heteroatoms. The Morgan fingerprint density at radius 1 is 1.08 bits per heavy atom. The fourth-order valence-electron chi connectivity index (χ4n) is 4.26. The summed E-state index contributed by atoms with van der Waals surface area (Å²) in [5.41, 5.74) is 7.87. The Kier molecular flexibility index (Phi) is 4.09. The maximum absolute atomic E-state index is 10.0. The minimum atomic E-state index is -0.204. The van der Waals surface area contributed by atoms with Crippen LogP contribution in [0.3, 0.4) is 0 Å². The van der Waals surface area contributed by atoms with Crippen LogP contribution in [0.2, 0.25) is 0 Å². The van der Waals surface area contributed by atoms with Crippen LogP contribution in [-0.4, -0.2) is 15.8 Å². The van der Waals surface area contributed by atoms with Gasteiger partial charge in [0.15, 0.2) is 5.69 Å². The lowest BCUT2D eigenvalue weighted by atomic mass is 9.96. The van der Waals surface area contributed by atoms with E-state index in [9.17, 15) is 5.11 Å². The highest BCUT2D eigenvalue weighted by Crippen LogP contribution is 2.41. The summed E-state index contributed by atoms with van der Waals surface area (Å²) in [7, 11) is 0. The average molecular weight is 344 g/mol. The van der Waals surface area contributed by atoms with Gasteiger partial charge in [-0.2, -0.15) is 0 Å². The van der Waals surface area contributed by atoms with Crippen LogP contribution in [0, 0.1) is 27.3 Å². The lowest BCUT2D eigenvalue weighted by Crippen LogP contribution is -2.06. The Morgan fingerprint density at radius 2 is 1.88 bits per heavy atom. The van der Waals surface area contributed by atoms with Crippen LogP contribution in [0.25, 0.3) is 26.9 Å². The molecule has 1 N–H and O–H groups in total. The van der Waals surface area contributed by atoms with Crippen LogP contribution in [0.15, 0.2) is 36.5 Å². The summed E-state index contributed by atoms with van der Waals surface area (Å²) >= 11 is 0. The van der Waals surface area contributed by atoms with Crippen LogP contribution in [0.1, 0.15) is 42.0 Å². The highest BCUT2D eigenvalue weighted by atomic mass is 16.3. The molecule has 0 radical (unpaired) electrons. The van der Waals surface area contributed by atoms with Crippen molar-refractivity contribution in [1.29, 1.82) is 0 Å². The first-order valence-electron chi connectivity index (χ1n) is 9.27.